The van der Waals surface area contributed by atoms with Crippen molar-refractivity contribution < 1.29 is 14.6 Å². The van der Waals surface area contributed by atoms with E-state index in [1.165, 1.54) is 24.3 Å². The second kappa shape index (κ2) is 6.36. The number of ketones is 1. The van der Waals surface area contributed by atoms with Crippen LogP contribution in [-0.4, -0.2) is 15.6 Å². The molecule has 0 aliphatic carbocycles. The fraction of sp³-hybridized carbons (Fsp3) is 0. The number of nitrogens with zero attached hydrogens (tertiary/aromatic N) is 2. The molecule has 0 heterocycles. The zero-order valence-electron chi connectivity index (χ0n) is 10.7. The van der Waals surface area contributed by atoms with Crippen LogP contribution in [0.2, 0.25) is 5.02 Å². The van der Waals surface area contributed by atoms with Gasteiger partial charge in [-0.15, -0.1) is 0 Å². The van der Waals surface area contributed by atoms with E-state index in [2.05, 4.69) is 0 Å². The Morgan fingerprint density at radius 3 is 2.32 bits per heavy atom. The van der Waals surface area contributed by atoms with Crippen molar-refractivity contribution in [3.8, 4) is 0 Å². The molecule has 0 amide bonds. The van der Waals surface area contributed by atoms with Crippen LogP contribution in [0.1, 0.15) is 15.9 Å². The summed E-state index contributed by atoms with van der Waals surface area (Å²) in [5, 5.41) is 21.6. The van der Waals surface area contributed by atoms with Crippen molar-refractivity contribution in [1.82, 2.24) is 0 Å². The van der Waals surface area contributed by atoms with Gasteiger partial charge >= 0.3 is 0 Å². The fourth-order valence-electron chi connectivity index (χ4n) is 1.75. The Morgan fingerprint density at radius 2 is 1.73 bits per heavy atom. The molecule has 0 radical (unpaired) electrons. The number of nitro groups is 2. The summed E-state index contributed by atoms with van der Waals surface area (Å²) >= 11 is 7.56. The summed E-state index contributed by atoms with van der Waals surface area (Å²) in [6.45, 7) is 0. The maximum absolute atomic E-state index is 12.4. The summed E-state index contributed by atoms with van der Waals surface area (Å²) < 4.78 is 0.505. The van der Waals surface area contributed by atoms with Crippen LogP contribution in [0.4, 0.5) is 11.4 Å². The Kier molecular flexibility index (Phi) is 4.71. The van der Waals surface area contributed by atoms with Crippen molar-refractivity contribution in [3.63, 3.8) is 0 Å². The van der Waals surface area contributed by atoms with Crippen LogP contribution in [0, 0.1) is 23.8 Å². The first-order valence-electron chi connectivity index (χ1n) is 5.74. The van der Waals surface area contributed by atoms with Gasteiger partial charge in [-0.3, -0.25) is 25.0 Å². The van der Waals surface area contributed by atoms with Crippen molar-refractivity contribution in [2.45, 2.75) is 0 Å². The van der Waals surface area contributed by atoms with Gasteiger partial charge < -0.3 is 0 Å². The van der Waals surface area contributed by atoms with Crippen molar-refractivity contribution in [2.24, 2.45) is 0 Å². The number of nitro benzene ring substituents is 2. The number of hydrogen-bond donors (Lipinski definition) is 0. The van der Waals surface area contributed by atoms with E-state index in [9.17, 15) is 25.0 Å². The van der Waals surface area contributed by atoms with E-state index >= 15 is 0 Å². The molecule has 0 unspecified atom stereocenters. The molecule has 0 saturated heterocycles. The van der Waals surface area contributed by atoms with Crippen LogP contribution < -0.4 is 0 Å². The van der Waals surface area contributed by atoms with Gasteiger partial charge in [-0.2, -0.15) is 0 Å². The minimum absolute atomic E-state index is 0.0366. The Balaban J connectivity index is 2.53. The second-order valence-electron chi connectivity index (χ2n) is 4.17. The molecule has 9 heteroatoms. The number of hydrogen-bond acceptors (Lipinski definition) is 5. The standard InChI is InChI=1S/C13H6ClIN2O5/c14-10-3-1-7(5-12(10)17(21)22)13(18)9-6-8(16(19)20)2-4-11(9)15/h1-6H. The third kappa shape index (κ3) is 3.22. The quantitative estimate of drug-likeness (QED) is 0.314. The molecule has 0 aromatic heterocycles. The van der Waals surface area contributed by atoms with Gasteiger partial charge in [0.25, 0.3) is 11.4 Å². The van der Waals surface area contributed by atoms with E-state index in [1.807, 2.05) is 22.6 Å². The number of benzene rings is 2. The zero-order valence-corrected chi connectivity index (χ0v) is 13.6. The maximum atomic E-state index is 12.4. The summed E-state index contributed by atoms with van der Waals surface area (Å²) in [6.07, 6.45) is 0. The smallest absolute Gasteiger partial charge is 0.288 e. The van der Waals surface area contributed by atoms with E-state index in [0.717, 1.165) is 12.1 Å². The van der Waals surface area contributed by atoms with Crippen LogP contribution in [-0.2, 0) is 0 Å². The Hall–Kier alpha value is -2.07. The lowest BCUT2D eigenvalue weighted by Crippen LogP contribution is -2.05. The van der Waals surface area contributed by atoms with Gasteiger partial charge in [-0.1, -0.05) is 11.6 Å². The average molecular weight is 433 g/mol. The fourth-order valence-corrected chi connectivity index (χ4v) is 2.52. The predicted molar refractivity (Wildman–Crippen MR) is 87.4 cm³/mol. The highest BCUT2D eigenvalue weighted by atomic mass is 127. The first-order chi connectivity index (χ1) is 10.3. The van der Waals surface area contributed by atoms with E-state index in [1.54, 1.807) is 0 Å². The van der Waals surface area contributed by atoms with Gasteiger partial charge in [0.1, 0.15) is 5.02 Å². The molecule has 0 atom stereocenters. The van der Waals surface area contributed by atoms with Crippen molar-refractivity contribution in [3.05, 3.63) is 76.3 Å². The summed E-state index contributed by atoms with van der Waals surface area (Å²) in [7, 11) is 0. The predicted octanol–water partition coefficient (Wildman–Crippen LogP) is 3.99. The van der Waals surface area contributed by atoms with Crippen LogP contribution in [0.5, 0.6) is 0 Å². The largest absolute Gasteiger partial charge is 0.289 e. The van der Waals surface area contributed by atoms with E-state index in [-0.39, 0.29) is 21.8 Å². The highest BCUT2D eigenvalue weighted by Crippen LogP contribution is 2.28. The molecule has 0 spiro atoms. The molecular weight excluding hydrogens is 427 g/mol. The Labute approximate surface area is 142 Å². The molecule has 0 bridgehead atoms. The van der Waals surface area contributed by atoms with Crippen molar-refractivity contribution in [2.75, 3.05) is 0 Å². The van der Waals surface area contributed by atoms with Crippen molar-refractivity contribution in [1.29, 1.82) is 0 Å². The monoisotopic (exact) mass is 432 g/mol. The van der Waals surface area contributed by atoms with Gasteiger partial charge in [0.05, 0.1) is 9.85 Å². The minimum atomic E-state index is -0.697. The van der Waals surface area contributed by atoms with Gasteiger partial charge in [0.15, 0.2) is 5.78 Å². The van der Waals surface area contributed by atoms with Crippen LogP contribution in [0.3, 0.4) is 0 Å². The molecule has 0 aliphatic rings. The van der Waals surface area contributed by atoms with Crippen LogP contribution >= 0.6 is 34.2 Å². The Morgan fingerprint density at radius 1 is 1.05 bits per heavy atom. The third-order valence-corrected chi connectivity index (χ3v) is 4.07. The number of carbonyl (C=O) groups is 1. The van der Waals surface area contributed by atoms with Crippen molar-refractivity contribution >= 4 is 51.3 Å². The lowest BCUT2D eigenvalue weighted by Gasteiger charge is -2.05. The SMILES string of the molecule is O=C(c1ccc(Cl)c([N+](=O)[O-])c1)c1cc([N+](=O)[O-])ccc1I. The number of halogens is 2. The second-order valence-corrected chi connectivity index (χ2v) is 5.74. The third-order valence-electron chi connectivity index (χ3n) is 2.81. The molecule has 0 N–H and O–H groups in total. The molecule has 2 rings (SSSR count). The van der Waals surface area contributed by atoms with Gasteiger partial charge in [-0.05, 0) is 40.8 Å². The summed E-state index contributed by atoms with van der Waals surface area (Å²) in [5.74, 6) is -0.548. The number of non-ortho nitro benzene ring substituents is 1. The van der Waals surface area contributed by atoms with E-state index in [4.69, 9.17) is 11.6 Å². The van der Waals surface area contributed by atoms with Gasteiger partial charge in [-0.25, -0.2) is 0 Å². The Bertz CT molecular complexity index is 809. The molecule has 0 fully saturated rings. The molecule has 0 saturated carbocycles. The first-order valence-corrected chi connectivity index (χ1v) is 7.19. The minimum Gasteiger partial charge on any atom is -0.289 e. The molecule has 7 nitrogen and oxygen atoms in total. The highest BCUT2D eigenvalue weighted by Gasteiger charge is 2.20. The zero-order chi connectivity index (χ0) is 16.4. The van der Waals surface area contributed by atoms with Crippen LogP contribution in [0.15, 0.2) is 36.4 Å². The van der Waals surface area contributed by atoms with Gasteiger partial charge in [0, 0.05) is 32.9 Å². The normalized spacial score (nSPS) is 10.3. The molecule has 0 aliphatic heterocycles. The summed E-state index contributed by atoms with van der Waals surface area (Å²) in [6, 6.07) is 7.51. The first kappa shape index (κ1) is 16.3. The number of rotatable bonds is 4. The molecule has 112 valence electrons. The lowest BCUT2D eigenvalue weighted by molar-refractivity contribution is -0.385. The molecular formula is C13H6ClIN2O5. The van der Waals surface area contributed by atoms with Crippen LogP contribution in [0.25, 0.3) is 0 Å². The molecule has 22 heavy (non-hydrogen) atoms. The molecule has 2 aromatic carbocycles. The van der Waals surface area contributed by atoms with E-state index < -0.39 is 21.3 Å². The lowest BCUT2D eigenvalue weighted by atomic mass is 10.0. The summed E-state index contributed by atoms with van der Waals surface area (Å²) in [5.41, 5.74) is -0.485. The number of carbonyl (C=O) groups excluding carboxylic acids is 1. The topological polar surface area (TPSA) is 103 Å². The van der Waals surface area contributed by atoms with E-state index in [0.29, 0.717) is 3.57 Å². The van der Waals surface area contributed by atoms with Gasteiger partial charge in [0.2, 0.25) is 0 Å². The summed E-state index contributed by atoms with van der Waals surface area (Å²) in [4.78, 5) is 32.8. The maximum Gasteiger partial charge on any atom is 0.288 e. The molecule has 2 aromatic rings. The average Bonchev–Trinajstić information content (AvgIpc) is 2.47. The highest BCUT2D eigenvalue weighted by molar-refractivity contribution is 14.1.